The van der Waals surface area contributed by atoms with E-state index in [9.17, 15) is 14.7 Å². The van der Waals surface area contributed by atoms with Crippen molar-refractivity contribution in [2.24, 2.45) is 4.99 Å². The van der Waals surface area contributed by atoms with Gasteiger partial charge in [-0.3, -0.25) is 4.99 Å². The summed E-state index contributed by atoms with van der Waals surface area (Å²) < 4.78 is 0. The van der Waals surface area contributed by atoms with Crippen molar-refractivity contribution in [1.82, 2.24) is 4.90 Å². The van der Waals surface area contributed by atoms with Crippen molar-refractivity contribution in [2.45, 2.75) is 0 Å². The molecule has 26 heavy (non-hydrogen) atoms. The Kier molecular flexibility index (Phi) is 8.72. The molecule has 1 aliphatic heterocycles. The van der Waals surface area contributed by atoms with Gasteiger partial charge in [0.15, 0.2) is 0 Å². The van der Waals surface area contributed by atoms with Gasteiger partial charge in [-0.1, -0.05) is 48.5 Å². The van der Waals surface area contributed by atoms with Crippen LogP contribution < -0.4 is 5.11 Å². The Hall–Kier alpha value is -2.47. The number of hydrogen-bond donors (Lipinski definition) is 0. The maximum absolute atomic E-state index is 11.2. The average Bonchev–Trinajstić information content (AvgIpc) is 2.88. The number of rotatable bonds is 4. The molecule has 1 aliphatic rings. The van der Waals surface area contributed by atoms with Gasteiger partial charge in [0.1, 0.15) is 0 Å². The van der Waals surface area contributed by atoms with E-state index in [1.165, 1.54) is 0 Å². The van der Waals surface area contributed by atoms with Crippen LogP contribution in [0, 0.1) is 0 Å². The predicted molar refractivity (Wildman–Crippen MR) is 95.4 cm³/mol. The van der Waals surface area contributed by atoms with Gasteiger partial charge >= 0.3 is 17.1 Å². The molecular weight excluding hydrogens is 382 g/mol. The summed E-state index contributed by atoms with van der Waals surface area (Å²) >= 11 is 0. The topological polar surface area (TPSA) is 86.9 Å². The Morgan fingerprint density at radius 2 is 1.54 bits per heavy atom. The zero-order chi connectivity index (χ0) is 18.2. The first-order valence-electron chi connectivity index (χ1n) is 7.79. The Morgan fingerprint density at radius 1 is 1.00 bits per heavy atom. The van der Waals surface area contributed by atoms with Crippen molar-refractivity contribution >= 4 is 18.0 Å². The van der Waals surface area contributed by atoms with Crippen molar-refractivity contribution in [2.75, 3.05) is 27.2 Å². The molecule has 0 fully saturated rings. The molecule has 0 atom stereocenters. The number of nitrogens with zero attached hydrogens (tertiary/aromatic N) is 3. The Labute approximate surface area is 163 Å². The summed E-state index contributed by atoms with van der Waals surface area (Å²) in [6.07, 6.45) is 1.64. The first kappa shape index (κ1) is 21.6. The number of imide groups is 1. The fourth-order valence-electron chi connectivity index (χ4n) is 2.08. The largest absolute Gasteiger partial charge is 2.00 e. The molecule has 0 spiro atoms. The van der Waals surface area contributed by atoms with Crippen molar-refractivity contribution in [1.29, 1.82) is 0 Å². The number of carbonyl (C=O) groups is 2. The van der Waals surface area contributed by atoms with Crippen molar-refractivity contribution < 1.29 is 31.8 Å². The minimum absolute atomic E-state index is 0. The third-order valence-electron chi connectivity index (χ3n) is 3.42. The van der Waals surface area contributed by atoms with Gasteiger partial charge in [0.05, 0.1) is 18.4 Å². The maximum Gasteiger partial charge on any atom is 2.00 e. The molecule has 0 saturated heterocycles. The van der Waals surface area contributed by atoms with Crippen LogP contribution >= 0.6 is 0 Å². The van der Waals surface area contributed by atoms with Gasteiger partial charge in [-0.15, -0.1) is 5.75 Å². The fourth-order valence-corrected chi connectivity index (χ4v) is 2.08. The van der Waals surface area contributed by atoms with Gasteiger partial charge < -0.3 is 24.9 Å². The third-order valence-corrected chi connectivity index (χ3v) is 3.42. The molecule has 7 heteroatoms. The van der Waals surface area contributed by atoms with Gasteiger partial charge in [-0.25, -0.2) is 0 Å². The number of benzene rings is 2. The van der Waals surface area contributed by atoms with Crippen LogP contribution in [0.3, 0.4) is 0 Å². The van der Waals surface area contributed by atoms with E-state index < -0.39 is 11.8 Å². The average molecular weight is 401 g/mol. The third kappa shape index (κ3) is 6.11. The summed E-state index contributed by atoms with van der Waals surface area (Å²) in [5, 5.41) is 14.5. The number of amides is 2. The molecule has 1 heterocycles. The second kappa shape index (κ2) is 10.5. The van der Waals surface area contributed by atoms with Crippen molar-refractivity contribution in [3.05, 3.63) is 70.5 Å². The standard InChI is InChI=1S/C11H16N2O.C8H5NO2.Cu/c1-13(2)8-7-12-9-10-5-3-4-6-11(10)14;10-7-5-3-1-2-4-6(5)8(11)9-7;/h3-6,9,14H,7-8H2,1-2H3;1-4H,(H,9,10,11);/q;;+2/p-2. The van der Waals surface area contributed by atoms with Crippen LogP contribution in [0.15, 0.2) is 53.5 Å². The van der Waals surface area contributed by atoms with E-state index in [0.29, 0.717) is 16.7 Å². The molecule has 1 radical (unpaired) electrons. The molecule has 3 rings (SSSR count). The molecule has 139 valence electrons. The SMILES string of the molecule is CN(C)CCN=Cc1ccccc1[O-].O=C1[N-]C(=O)c2ccccc21.[Cu+2]. The van der Waals surface area contributed by atoms with Gasteiger partial charge in [0.25, 0.3) is 0 Å². The minimum atomic E-state index is -0.425. The van der Waals surface area contributed by atoms with E-state index in [4.69, 9.17) is 0 Å². The van der Waals surface area contributed by atoms with Crippen LogP contribution in [0.25, 0.3) is 5.32 Å². The molecule has 0 N–H and O–H groups in total. The number of hydrogen-bond acceptors (Lipinski definition) is 5. The number of para-hydroxylation sites is 1. The summed E-state index contributed by atoms with van der Waals surface area (Å²) in [4.78, 5) is 28.0. The molecule has 6 nitrogen and oxygen atoms in total. The van der Waals surface area contributed by atoms with Gasteiger partial charge in [0.2, 0.25) is 0 Å². The van der Waals surface area contributed by atoms with Gasteiger partial charge in [-0.05, 0) is 19.7 Å². The maximum atomic E-state index is 11.2. The smallest absolute Gasteiger partial charge is 0.872 e. The molecule has 0 aromatic heterocycles. The Bertz CT molecular complexity index is 758. The summed E-state index contributed by atoms with van der Waals surface area (Å²) in [7, 11) is 3.99. The van der Waals surface area contributed by atoms with Crippen LogP contribution in [0.4, 0.5) is 0 Å². The van der Waals surface area contributed by atoms with E-state index in [0.717, 1.165) is 13.1 Å². The molecule has 0 saturated carbocycles. The molecule has 0 unspecified atom stereocenters. The number of fused-ring (bicyclic) bond motifs is 1. The zero-order valence-electron chi connectivity index (χ0n) is 14.5. The van der Waals surface area contributed by atoms with Crippen molar-refractivity contribution in [3.8, 4) is 5.75 Å². The first-order chi connectivity index (χ1) is 12.0. The van der Waals surface area contributed by atoms with Crippen LogP contribution in [0.1, 0.15) is 26.3 Å². The predicted octanol–water partition coefficient (Wildman–Crippen LogP) is 2.09. The second-order valence-electron chi connectivity index (χ2n) is 5.64. The van der Waals surface area contributed by atoms with E-state index in [2.05, 4.69) is 15.2 Å². The Morgan fingerprint density at radius 3 is 2.08 bits per heavy atom. The molecule has 2 aromatic rings. The van der Waals surface area contributed by atoms with E-state index in [1.54, 1.807) is 48.7 Å². The van der Waals surface area contributed by atoms with Crippen LogP contribution in [-0.2, 0) is 17.1 Å². The van der Waals surface area contributed by atoms with Crippen LogP contribution in [-0.4, -0.2) is 50.1 Å². The summed E-state index contributed by atoms with van der Waals surface area (Å²) in [5.41, 5.74) is 1.49. The summed E-state index contributed by atoms with van der Waals surface area (Å²) in [6.45, 7) is 1.62. The van der Waals surface area contributed by atoms with Gasteiger partial charge in [-0.2, -0.15) is 0 Å². The van der Waals surface area contributed by atoms with E-state index in [1.807, 2.05) is 20.2 Å². The quantitative estimate of drug-likeness (QED) is 0.446. The van der Waals surface area contributed by atoms with Gasteiger partial charge in [0, 0.05) is 23.9 Å². The number of aliphatic imine (C=N–C) groups is 1. The fraction of sp³-hybridized carbons (Fsp3) is 0.211. The normalized spacial score (nSPS) is 12.3. The second-order valence-corrected chi connectivity index (χ2v) is 5.64. The number of carbonyl (C=O) groups excluding carboxylic acids is 2. The zero-order valence-corrected chi connectivity index (χ0v) is 15.4. The van der Waals surface area contributed by atoms with Crippen LogP contribution in [0.5, 0.6) is 5.75 Å². The molecule has 0 bridgehead atoms. The molecular formula is C19H19CuN3O3. The van der Waals surface area contributed by atoms with E-state index >= 15 is 0 Å². The summed E-state index contributed by atoms with van der Waals surface area (Å²) in [6, 6.07) is 13.5. The van der Waals surface area contributed by atoms with Crippen LogP contribution in [0.2, 0.25) is 0 Å². The molecule has 0 aliphatic carbocycles. The van der Waals surface area contributed by atoms with Crippen molar-refractivity contribution in [3.63, 3.8) is 0 Å². The molecule has 2 aromatic carbocycles. The Balaban J connectivity index is 0.000000256. The minimum Gasteiger partial charge on any atom is -0.872 e. The monoisotopic (exact) mass is 400 g/mol. The first-order valence-corrected chi connectivity index (χ1v) is 7.79. The number of likely N-dealkylation sites (N-methyl/N-ethyl adjacent to an activating group) is 1. The molecule has 2 amide bonds. The van der Waals surface area contributed by atoms with E-state index in [-0.39, 0.29) is 22.8 Å². The summed E-state index contributed by atoms with van der Waals surface area (Å²) in [5.74, 6) is -0.822.